The van der Waals surface area contributed by atoms with Gasteiger partial charge in [-0.1, -0.05) is 18.2 Å². The van der Waals surface area contributed by atoms with Crippen molar-refractivity contribution in [3.8, 4) is 11.1 Å². The minimum Gasteiger partial charge on any atom is -0.297 e. The van der Waals surface area contributed by atoms with E-state index in [4.69, 9.17) is 0 Å². The van der Waals surface area contributed by atoms with Gasteiger partial charge in [-0.2, -0.15) is 5.10 Å². The predicted molar refractivity (Wildman–Crippen MR) is 82.6 cm³/mol. The molecule has 0 aliphatic carbocycles. The van der Waals surface area contributed by atoms with Crippen molar-refractivity contribution in [2.45, 2.75) is 39.3 Å². The smallest absolute Gasteiger partial charge is 0.0568 e. The fourth-order valence-corrected chi connectivity index (χ4v) is 3.00. The van der Waals surface area contributed by atoms with Crippen molar-refractivity contribution >= 4 is 0 Å². The molecule has 2 heterocycles. The number of hydrogen-bond acceptors (Lipinski definition) is 2. The number of likely N-dealkylation sites (tertiary alicyclic amines) is 1. The van der Waals surface area contributed by atoms with E-state index in [0.717, 1.165) is 6.54 Å². The van der Waals surface area contributed by atoms with E-state index in [2.05, 4.69) is 54.3 Å². The second-order valence-electron chi connectivity index (χ2n) is 5.63. The van der Waals surface area contributed by atoms with E-state index in [-0.39, 0.29) is 0 Å². The molecule has 1 fully saturated rings. The van der Waals surface area contributed by atoms with Gasteiger partial charge in [0.25, 0.3) is 0 Å². The standard InChI is InChI=1S/C17H23N3/c1-3-20-13-17(12-18-20)16-8-6-7-15(11-16)14(2)19-9-4-5-10-19/h6-8,11-14H,3-5,9-10H2,1-2H3/t14-/m0/s1. The first-order chi connectivity index (χ1) is 9.78. The van der Waals surface area contributed by atoms with Crippen molar-refractivity contribution in [2.75, 3.05) is 13.1 Å². The topological polar surface area (TPSA) is 21.1 Å². The summed E-state index contributed by atoms with van der Waals surface area (Å²) < 4.78 is 1.98. The van der Waals surface area contributed by atoms with Gasteiger partial charge in [0.1, 0.15) is 0 Å². The Morgan fingerprint density at radius 3 is 2.70 bits per heavy atom. The number of rotatable bonds is 4. The molecule has 0 saturated carbocycles. The Bertz CT molecular complexity index is 567. The Kier molecular flexibility index (Phi) is 3.88. The van der Waals surface area contributed by atoms with Crippen LogP contribution in [0.4, 0.5) is 0 Å². The second-order valence-corrected chi connectivity index (χ2v) is 5.63. The third-order valence-corrected chi connectivity index (χ3v) is 4.35. The van der Waals surface area contributed by atoms with Crippen molar-refractivity contribution in [1.29, 1.82) is 0 Å². The van der Waals surface area contributed by atoms with Gasteiger partial charge < -0.3 is 0 Å². The van der Waals surface area contributed by atoms with Crippen LogP contribution in [0.15, 0.2) is 36.7 Å². The molecule has 3 rings (SSSR count). The molecule has 0 amide bonds. The molecular weight excluding hydrogens is 246 g/mol. The molecule has 2 aromatic rings. The summed E-state index contributed by atoms with van der Waals surface area (Å²) in [7, 11) is 0. The lowest BCUT2D eigenvalue weighted by Crippen LogP contribution is -2.23. The lowest BCUT2D eigenvalue weighted by molar-refractivity contribution is 0.263. The summed E-state index contributed by atoms with van der Waals surface area (Å²) in [6, 6.07) is 9.42. The molecule has 0 N–H and O–H groups in total. The van der Waals surface area contributed by atoms with Crippen LogP contribution in [0.2, 0.25) is 0 Å². The van der Waals surface area contributed by atoms with Crippen LogP contribution in [0.3, 0.4) is 0 Å². The Hall–Kier alpha value is -1.61. The molecule has 3 nitrogen and oxygen atoms in total. The van der Waals surface area contributed by atoms with Crippen LogP contribution in [0.1, 0.15) is 38.3 Å². The maximum atomic E-state index is 4.37. The van der Waals surface area contributed by atoms with E-state index in [1.165, 1.54) is 42.6 Å². The molecule has 0 radical (unpaired) electrons. The van der Waals surface area contributed by atoms with Gasteiger partial charge in [-0.15, -0.1) is 0 Å². The van der Waals surface area contributed by atoms with Gasteiger partial charge in [-0.25, -0.2) is 0 Å². The molecule has 3 heteroatoms. The Morgan fingerprint density at radius 2 is 2.00 bits per heavy atom. The van der Waals surface area contributed by atoms with Gasteiger partial charge in [0.05, 0.1) is 6.20 Å². The molecule has 20 heavy (non-hydrogen) atoms. The summed E-state index contributed by atoms with van der Waals surface area (Å²) in [5, 5.41) is 4.37. The van der Waals surface area contributed by atoms with Crippen LogP contribution in [0.5, 0.6) is 0 Å². The normalized spacial score (nSPS) is 17.5. The Balaban J connectivity index is 1.85. The first-order valence-corrected chi connectivity index (χ1v) is 7.65. The van der Waals surface area contributed by atoms with Crippen LogP contribution in [-0.4, -0.2) is 27.8 Å². The highest BCUT2D eigenvalue weighted by molar-refractivity contribution is 5.62. The highest BCUT2D eigenvalue weighted by Gasteiger charge is 2.19. The average molecular weight is 269 g/mol. The summed E-state index contributed by atoms with van der Waals surface area (Å²) >= 11 is 0. The molecule has 0 bridgehead atoms. The van der Waals surface area contributed by atoms with Gasteiger partial charge in [-0.3, -0.25) is 9.58 Å². The van der Waals surface area contributed by atoms with Gasteiger partial charge in [-0.05, 0) is 57.0 Å². The predicted octanol–water partition coefficient (Wildman–Crippen LogP) is 3.73. The third-order valence-electron chi connectivity index (χ3n) is 4.35. The van der Waals surface area contributed by atoms with Crippen LogP contribution in [-0.2, 0) is 6.54 Å². The van der Waals surface area contributed by atoms with E-state index in [1.807, 2.05) is 10.9 Å². The minimum atomic E-state index is 0.513. The molecule has 1 aromatic heterocycles. The zero-order chi connectivity index (χ0) is 13.9. The van der Waals surface area contributed by atoms with Crippen LogP contribution >= 0.6 is 0 Å². The second kappa shape index (κ2) is 5.80. The van der Waals surface area contributed by atoms with Crippen LogP contribution < -0.4 is 0 Å². The van der Waals surface area contributed by atoms with Crippen LogP contribution in [0, 0.1) is 0 Å². The number of aryl methyl sites for hydroxylation is 1. The maximum Gasteiger partial charge on any atom is 0.0568 e. The lowest BCUT2D eigenvalue weighted by Gasteiger charge is -2.24. The van der Waals surface area contributed by atoms with Gasteiger partial charge in [0, 0.05) is 24.3 Å². The average Bonchev–Trinajstić information content (AvgIpc) is 3.17. The van der Waals surface area contributed by atoms with Crippen molar-refractivity contribution in [2.24, 2.45) is 0 Å². The van der Waals surface area contributed by atoms with E-state index in [0.29, 0.717) is 6.04 Å². The summed E-state index contributed by atoms with van der Waals surface area (Å²) in [5.74, 6) is 0. The molecule has 1 aliphatic heterocycles. The third kappa shape index (κ3) is 2.63. The first-order valence-electron chi connectivity index (χ1n) is 7.65. The molecule has 1 aliphatic rings. The molecular formula is C17H23N3. The highest BCUT2D eigenvalue weighted by atomic mass is 15.3. The zero-order valence-electron chi connectivity index (χ0n) is 12.4. The van der Waals surface area contributed by atoms with Gasteiger partial charge in [0.2, 0.25) is 0 Å². The van der Waals surface area contributed by atoms with Gasteiger partial charge >= 0.3 is 0 Å². The quantitative estimate of drug-likeness (QED) is 0.843. The summed E-state index contributed by atoms with van der Waals surface area (Å²) in [4.78, 5) is 2.58. The number of nitrogens with zero attached hydrogens (tertiary/aromatic N) is 3. The molecule has 0 spiro atoms. The number of benzene rings is 1. The molecule has 1 atom stereocenters. The SMILES string of the molecule is CCn1cc(-c2cccc([C@H](C)N3CCCC3)c2)cn1. The maximum absolute atomic E-state index is 4.37. The van der Waals surface area contributed by atoms with E-state index in [1.54, 1.807) is 0 Å². The molecule has 1 saturated heterocycles. The first kappa shape index (κ1) is 13.4. The summed E-state index contributed by atoms with van der Waals surface area (Å²) in [5.41, 5.74) is 3.89. The Morgan fingerprint density at radius 1 is 1.20 bits per heavy atom. The van der Waals surface area contributed by atoms with E-state index >= 15 is 0 Å². The fourth-order valence-electron chi connectivity index (χ4n) is 3.00. The number of aromatic nitrogens is 2. The number of hydrogen-bond donors (Lipinski definition) is 0. The Labute approximate surface area is 121 Å². The van der Waals surface area contributed by atoms with Crippen molar-refractivity contribution in [3.63, 3.8) is 0 Å². The van der Waals surface area contributed by atoms with Crippen molar-refractivity contribution < 1.29 is 0 Å². The van der Waals surface area contributed by atoms with Crippen LogP contribution in [0.25, 0.3) is 11.1 Å². The van der Waals surface area contributed by atoms with E-state index < -0.39 is 0 Å². The van der Waals surface area contributed by atoms with E-state index in [9.17, 15) is 0 Å². The minimum absolute atomic E-state index is 0.513. The monoisotopic (exact) mass is 269 g/mol. The summed E-state index contributed by atoms with van der Waals surface area (Å²) in [6.07, 6.45) is 6.77. The lowest BCUT2D eigenvalue weighted by atomic mass is 10.0. The zero-order valence-corrected chi connectivity index (χ0v) is 12.4. The molecule has 0 unspecified atom stereocenters. The summed E-state index contributed by atoms with van der Waals surface area (Å²) in [6.45, 7) is 7.82. The van der Waals surface area contributed by atoms with Crippen molar-refractivity contribution in [1.82, 2.24) is 14.7 Å². The largest absolute Gasteiger partial charge is 0.297 e. The van der Waals surface area contributed by atoms with Crippen molar-refractivity contribution in [3.05, 3.63) is 42.2 Å². The fraction of sp³-hybridized carbons (Fsp3) is 0.471. The highest BCUT2D eigenvalue weighted by Crippen LogP contribution is 2.28. The van der Waals surface area contributed by atoms with Gasteiger partial charge in [0.15, 0.2) is 0 Å². The molecule has 106 valence electrons. The molecule has 1 aromatic carbocycles.